The number of pyridine rings is 1. The number of hydrogen-bond donors (Lipinski definition) is 2. The smallest absolute Gasteiger partial charge is 0.319 e. The van der Waals surface area contributed by atoms with E-state index < -0.39 is 17.5 Å². The standard InChI is InChI=1S/C41H41F3N6O3/c1-40(2)30-8-4-22(14-24(30)20-53-40)32-10-12-41(11-3-13-50(32)41)21-52-39-47-37-29(38(48-39)49-18-25-6-7-26(19-49)46-25)17-45-36(35(37)44)28-16-27(51)15-23-5-9-31(42)34(43)33(23)28/h4-5,8-9,14-17,25-26,32,46,51H,3,6-7,10-13,18-21H2,1-2H3/t25-,26+,32?,41?. The molecule has 4 fully saturated rings. The van der Waals surface area contributed by atoms with E-state index in [0.717, 1.165) is 51.1 Å². The summed E-state index contributed by atoms with van der Waals surface area (Å²) in [7, 11) is 0. The van der Waals surface area contributed by atoms with Gasteiger partial charge in [-0.1, -0.05) is 24.3 Å². The SMILES string of the molecule is CC1(C)OCc2cc(C3CCC4(COc5nc(N6C[C@H]7CC[C@@H](C6)N7)c6cnc(-c7cc(O)cc8ccc(F)c(F)c78)c(F)c6n5)CCCN34)ccc21. The monoisotopic (exact) mass is 722 g/mol. The fraction of sp³-hybridized carbons (Fsp3) is 0.439. The molecule has 4 saturated heterocycles. The predicted octanol–water partition coefficient (Wildman–Crippen LogP) is 7.42. The maximum atomic E-state index is 16.9. The number of fused-ring (bicyclic) bond motifs is 6. The Morgan fingerprint density at radius 1 is 0.981 bits per heavy atom. The van der Waals surface area contributed by atoms with Crippen LogP contribution in [0, 0.1) is 17.5 Å². The Hall–Kier alpha value is -4.52. The molecule has 7 heterocycles. The minimum atomic E-state index is -1.14. The maximum Gasteiger partial charge on any atom is 0.319 e. The number of phenols is 1. The summed E-state index contributed by atoms with van der Waals surface area (Å²) < 4.78 is 59.3. The summed E-state index contributed by atoms with van der Waals surface area (Å²) in [5, 5.41) is 14.6. The summed E-state index contributed by atoms with van der Waals surface area (Å²) in [5.41, 5.74) is 2.96. The van der Waals surface area contributed by atoms with Gasteiger partial charge in [0.05, 0.1) is 23.1 Å². The van der Waals surface area contributed by atoms with Crippen molar-refractivity contribution in [3.8, 4) is 23.0 Å². The van der Waals surface area contributed by atoms with Crippen LogP contribution in [-0.4, -0.2) is 68.8 Å². The molecule has 9 nitrogen and oxygen atoms in total. The van der Waals surface area contributed by atoms with Crippen LogP contribution in [0.3, 0.4) is 0 Å². The van der Waals surface area contributed by atoms with Crippen molar-refractivity contribution in [2.45, 2.75) is 88.2 Å². The van der Waals surface area contributed by atoms with Crippen molar-refractivity contribution < 1.29 is 27.8 Å². The van der Waals surface area contributed by atoms with E-state index in [4.69, 9.17) is 14.5 Å². The Labute approximate surface area is 305 Å². The molecule has 5 aliphatic rings. The molecule has 2 unspecified atom stereocenters. The van der Waals surface area contributed by atoms with Gasteiger partial charge in [-0.25, -0.2) is 13.2 Å². The number of aromatic hydroxyl groups is 1. The van der Waals surface area contributed by atoms with Crippen molar-refractivity contribution >= 4 is 27.5 Å². The number of benzene rings is 3. The first-order valence-electron chi connectivity index (χ1n) is 18.7. The number of halogens is 3. The summed E-state index contributed by atoms with van der Waals surface area (Å²) >= 11 is 0. The molecule has 0 amide bonds. The first-order chi connectivity index (χ1) is 25.6. The van der Waals surface area contributed by atoms with Gasteiger partial charge in [0.2, 0.25) is 0 Å². The molecular formula is C41H41F3N6O3. The van der Waals surface area contributed by atoms with Crippen molar-refractivity contribution in [2.75, 3.05) is 31.1 Å². The van der Waals surface area contributed by atoms with Crippen LogP contribution in [0.5, 0.6) is 11.8 Å². The molecule has 12 heteroatoms. The Bertz CT molecular complexity index is 2310. The van der Waals surface area contributed by atoms with Gasteiger partial charge in [-0.15, -0.1) is 0 Å². The third-order valence-corrected chi connectivity index (χ3v) is 12.5. The number of hydrogen-bond acceptors (Lipinski definition) is 9. The molecule has 0 aliphatic carbocycles. The fourth-order valence-corrected chi connectivity index (χ4v) is 9.96. The number of ether oxygens (including phenoxy) is 2. The van der Waals surface area contributed by atoms with Crippen LogP contribution in [0.1, 0.15) is 75.1 Å². The van der Waals surface area contributed by atoms with Crippen LogP contribution in [0.2, 0.25) is 0 Å². The van der Waals surface area contributed by atoms with Crippen LogP contribution in [-0.2, 0) is 16.9 Å². The minimum Gasteiger partial charge on any atom is -0.508 e. The topological polar surface area (TPSA) is 95.9 Å². The molecule has 3 aromatic carbocycles. The zero-order valence-electron chi connectivity index (χ0n) is 29.8. The minimum absolute atomic E-state index is 0.0254. The Morgan fingerprint density at radius 2 is 1.81 bits per heavy atom. The van der Waals surface area contributed by atoms with Gasteiger partial charge in [-0.05, 0) is 99.2 Å². The highest BCUT2D eigenvalue weighted by molar-refractivity contribution is 6.00. The number of aromatic nitrogens is 3. The molecule has 2 N–H and O–H groups in total. The van der Waals surface area contributed by atoms with Crippen LogP contribution in [0.4, 0.5) is 19.0 Å². The number of piperazine rings is 1. The van der Waals surface area contributed by atoms with E-state index in [1.165, 1.54) is 41.1 Å². The Kier molecular flexibility index (Phi) is 7.49. The molecule has 2 bridgehead atoms. The first-order valence-corrected chi connectivity index (χ1v) is 18.7. The predicted molar refractivity (Wildman–Crippen MR) is 194 cm³/mol. The van der Waals surface area contributed by atoms with Crippen molar-refractivity contribution in [2.24, 2.45) is 0 Å². The summed E-state index contributed by atoms with van der Waals surface area (Å²) in [6.07, 6.45) is 7.56. The van der Waals surface area contributed by atoms with E-state index in [1.54, 1.807) is 0 Å². The second-order valence-electron chi connectivity index (χ2n) is 16.1. The zero-order valence-corrected chi connectivity index (χ0v) is 29.8. The average Bonchev–Trinajstić information content (AvgIpc) is 3.90. The average molecular weight is 723 g/mol. The van der Waals surface area contributed by atoms with E-state index in [1.807, 2.05) is 0 Å². The number of nitrogens with one attached hydrogen (secondary N) is 1. The lowest BCUT2D eigenvalue weighted by Gasteiger charge is -2.35. The first kappa shape index (κ1) is 33.1. The van der Waals surface area contributed by atoms with E-state index in [2.05, 4.69) is 57.1 Å². The van der Waals surface area contributed by atoms with Gasteiger partial charge in [0.15, 0.2) is 17.5 Å². The van der Waals surface area contributed by atoms with E-state index in [-0.39, 0.29) is 68.6 Å². The second kappa shape index (κ2) is 12.0. The maximum absolute atomic E-state index is 16.9. The molecule has 5 aromatic rings. The zero-order chi connectivity index (χ0) is 36.2. The third-order valence-electron chi connectivity index (χ3n) is 12.5. The summed E-state index contributed by atoms with van der Waals surface area (Å²) in [6.45, 7) is 7.53. The van der Waals surface area contributed by atoms with Gasteiger partial charge in [0, 0.05) is 48.4 Å². The highest BCUT2D eigenvalue weighted by atomic mass is 19.2. The molecule has 0 radical (unpaired) electrons. The normalized spacial score (nSPS) is 26.1. The van der Waals surface area contributed by atoms with Crippen molar-refractivity contribution in [1.82, 2.24) is 25.2 Å². The summed E-state index contributed by atoms with van der Waals surface area (Å²) in [5.74, 6) is -2.74. The van der Waals surface area contributed by atoms with Gasteiger partial charge >= 0.3 is 6.01 Å². The van der Waals surface area contributed by atoms with Crippen LogP contribution in [0.25, 0.3) is 32.9 Å². The summed E-state index contributed by atoms with van der Waals surface area (Å²) in [6, 6.07) is 12.5. The van der Waals surface area contributed by atoms with Gasteiger partial charge in [0.1, 0.15) is 29.4 Å². The lowest BCUT2D eigenvalue weighted by atomic mass is 9.92. The quantitative estimate of drug-likeness (QED) is 0.186. The number of rotatable bonds is 6. The molecule has 10 rings (SSSR count). The molecular weight excluding hydrogens is 681 g/mol. The highest BCUT2D eigenvalue weighted by Gasteiger charge is 2.50. The lowest BCUT2D eigenvalue weighted by molar-refractivity contribution is -0.00789. The van der Waals surface area contributed by atoms with Gasteiger partial charge in [0.25, 0.3) is 0 Å². The highest BCUT2D eigenvalue weighted by Crippen LogP contribution is 2.50. The fourth-order valence-electron chi connectivity index (χ4n) is 9.96. The number of anilines is 1. The molecule has 0 saturated carbocycles. The van der Waals surface area contributed by atoms with Gasteiger partial charge in [-0.2, -0.15) is 9.97 Å². The second-order valence-corrected chi connectivity index (χ2v) is 16.1. The lowest BCUT2D eigenvalue weighted by Crippen LogP contribution is -2.51. The summed E-state index contributed by atoms with van der Waals surface area (Å²) in [4.78, 5) is 18.8. The van der Waals surface area contributed by atoms with Gasteiger partial charge < -0.3 is 24.8 Å². The van der Waals surface area contributed by atoms with Crippen molar-refractivity contribution in [3.63, 3.8) is 0 Å². The van der Waals surface area contributed by atoms with Crippen LogP contribution >= 0.6 is 0 Å². The van der Waals surface area contributed by atoms with E-state index >= 15 is 8.78 Å². The number of nitrogens with zero attached hydrogens (tertiary/aromatic N) is 5. The molecule has 5 aliphatic heterocycles. The number of phenolic OH excluding ortho intramolecular Hbond substituents is 1. The Balaban J connectivity index is 1.03. The molecule has 0 spiro atoms. The van der Waals surface area contributed by atoms with E-state index in [9.17, 15) is 9.50 Å². The molecule has 53 heavy (non-hydrogen) atoms. The van der Waals surface area contributed by atoms with E-state index in [0.29, 0.717) is 37.5 Å². The van der Waals surface area contributed by atoms with Crippen molar-refractivity contribution in [3.05, 3.63) is 82.8 Å². The van der Waals surface area contributed by atoms with Crippen LogP contribution in [0.15, 0.2) is 48.7 Å². The van der Waals surface area contributed by atoms with Crippen molar-refractivity contribution in [1.29, 1.82) is 0 Å². The van der Waals surface area contributed by atoms with Crippen LogP contribution < -0.4 is 15.0 Å². The molecule has 274 valence electrons. The van der Waals surface area contributed by atoms with Gasteiger partial charge in [-0.3, -0.25) is 9.88 Å². The Morgan fingerprint density at radius 3 is 2.64 bits per heavy atom. The largest absolute Gasteiger partial charge is 0.508 e. The third kappa shape index (κ3) is 5.27. The molecule has 2 aromatic heterocycles. The molecule has 4 atom stereocenters.